The molecule has 0 radical (unpaired) electrons. The van der Waals surface area contributed by atoms with Gasteiger partial charge in [0.1, 0.15) is 11.6 Å². The summed E-state index contributed by atoms with van der Waals surface area (Å²) in [6, 6.07) is 4.88. The van der Waals surface area contributed by atoms with Crippen LogP contribution in [0.3, 0.4) is 0 Å². The van der Waals surface area contributed by atoms with E-state index in [0.717, 1.165) is 12.1 Å². The van der Waals surface area contributed by atoms with E-state index < -0.39 is 36.3 Å². The molecule has 0 aliphatic carbocycles. The number of halogens is 4. The van der Waals surface area contributed by atoms with Crippen LogP contribution >= 0.6 is 0 Å². The van der Waals surface area contributed by atoms with Crippen LogP contribution in [0.2, 0.25) is 0 Å². The quantitative estimate of drug-likeness (QED) is 0.846. The third-order valence-corrected chi connectivity index (χ3v) is 2.19. The number of amides is 1. The Hall–Kier alpha value is -2.65. The van der Waals surface area contributed by atoms with Crippen LogP contribution in [0.5, 0.6) is 5.75 Å². The van der Waals surface area contributed by atoms with Gasteiger partial charge in [-0.1, -0.05) is 0 Å². The number of hydrogen-bond acceptors (Lipinski definition) is 4. The lowest BCUT2D eigenvalue weighted by Gasteiger charge is -2.05. The molecule has 0 aliphatic rings. The van der Waals surface area contributed by atoms with Gasteiger partial charge in [-0.2, -0.15) is 18.2 Å². The van der Waals surface area contributed by atoms with Crippen LogP contribution in [-0.2, 0) is 11.0 Å². The molecule has 1 aromatic heterocycles. The predicted molar refractivity (Wildman–Crippen MR) is 61.9 cm³/mol. The zero-order chi connectivity index (χ0) is 15.5. The van der Waals surface area contributed by atoms with Crippen molar-refractivity contribution in [1.82, 2.24) is 15.2 Å². The van der Waals surface area contributed by atoms with Crippen LogP contribution in [0.25, 0.3) is 0 Å². The molecular weight excluding hydrogens is 296 g/mol. The van der Waals surface area contributed by atoms with Crippen molar-refractivity contribution in [2.24, 2.45) is 0 Å². The Kier molecular flexibility index (Phi) is 4.05. The van der Waals surface area contributed by atoms with Gasteiger partial charge in [0.05, 0.1) is 0 Å². The SMILES string of the molecule is O=C(COc1ccc(F)cc1)Nc1n[nH]c(C(F)(F)F)n1. The first kappa shape index (κ1) is 14.8. The van der Waals surface area contributed by atoms with Crippen LogP contribution in [0.4, 0.5) is 23.5 Å². The van der Waals surface area contributed by atoms with E-state index in [4.69, 9.17) is 4.74 Å². The van der Waals surface area contributed by atoms with Crippen molar-refractivity contribution in [3.8, 4) is 5.75 Å². The summed E-state index contributed by atoms with van der Waals surface area (Å²) < 4.78 is 54.3. The number of carbonyl (C=O) groups excluding carboxylic acids is 1. The van der Waals surface area contributed by atoms with Gasteiger partial charge in [-0.25, -0.2) is 4.39 Å². The molecule has 0 unspecified atom stereocenters. The smallest absolute Gasteiger partial charge is 0.451 e. The minimum Gasteiger partial charge on any atom is -0.484 e. The summed E-state index contributed by atoms with van der Waals surface area (Å²) in [7, 11) is 0. The maximum absolute atomic E-state index is 12.6. The molecular formula is C11H8F4N4O2. The molecule has 0 saturated carbocycles. The Balaban J connectivity index is 1.87. The van der Waals surface area contributed by atoms with E-state index in [9.17, 15) is 22.4 Å². The van der Waals surface area contributed by atoms with Gasteiger partial charge in [0, 0.05) is 0 Å². The Morgan fingerprint density at radius 1 is 1.29 bits per heavy atom. The lowest BCUT2D eigenvalue weighted by atomic mass is 10.3. The number of aromatic nitrogens is 3. The number of ether oxygens (including phenoxy) is 1. The molecule has 0 bridgehead atoms. The molecule has 0 atom stereocenters. The molecule has 21 heavy (non-hydrogen) atoms. The minimum absolute atomic E-state index is 0.234. The van der Waals surface area contributed by atoms with E-state index in [2.05, 4.69) is 10.1 Å². The Labute approximate surface area is 115 Å². The van der Waals surface area contributed by atoms with E-state index in [0.29, 0.717) is 0 Å². The third-order valence-electron chi connectivity index (χ3n) is 2.19. The molecule has 0 aliphatic heterocycles. The monoisotopic (exact) mass is 304 g/mol. The fourth-order valence-electron chi connectivity index (χ4n) is 1.28. The second-order valence-electron chi connectivity index (χ2n) is 3.80. The van der Waals surface area contributed by atoms with Gasteiger partial charge in [0.25, 0.3) is 5.91 Å². The first-order chi connectivity index (χ1) is 9.84. The molecule has 0 fully saturated rings. The van der Waals surface area contributed by atoms with Crippen molar-refractivity contribution in [3.05, 3.63) is 35.9 Å². The number of nitrogens with one attached hydrogen (secondary N) is 2. The lowest BCUT2D eigenvalue weighted by molar-refractivity contribution is -0.144. The lowest BCUT2D eigenvalue weighted by Crippen LogP contribution is -2.21. The molecule has 112 valence electrons. The van der Waals surface area contributed by atoms with Gasteiger partial charge in [-0.3, -0.25) is 15.2 Å². The summed E-state index contributed by atoms with van der Waals surface area (Å²) in [4.78, 5) is 14.5. The van der Waals surface area contributed by atoms with Crippen molar-refractivity contribution >= 4 is 11.9 Å². The van der Waals surface area contributed by atoms with Gasteiger partial charge in [-0.15, -0.1) is 5.10 Å². The number of alkyl halides is 3. The first-order valence-corrected chi connectivity index (χ1v) is 5.52. The van der Waals surface area contributed by atoms with Crippen LogP contribution in [0.1, 0.15) is 5.82 Å². The normalized spacial score (nSPS) is 11.2. The van der Waals surface area contributed by atoms with Crippen LogP contribution in [-0.4, -0.2) is 27.7 Å². The summed E-state index contributed by atoms with van der Waals surface area (Å²) in [5.41, 5.74) is 0. The van der Waals surface area contributed by atoms with Gasteiger partial charge in [0.15, 0.2) is 6.61 Å². The highest BCUT2D eigenvalue weighted by Crippen LogP contribution is 2.26. The third kappa shape index (κ3) is 4.16. The minimum atomic E-state index is -4.68. The number of hydrogen-bond donors (Lipinski definition) is 2. The summed E-state index contributed by atoms with van der Waals surface area (Å²) in [6.45, 7) is -0.485. The summed E-state index contributed by atoms with van der Waals surface area (Å²) >= 11 is 0. The summed E-state index contributed by atoms with van der Waals surface area (Å²) in [6.07, 6.45) is -4.68. The van der Waals surface area contributed by atoms with E-state index in [1.165, 1.54) is 12.1 Å². The fourth-order valence-corrected chi connectivity index (χ4v) is 1.28. The predicted octanol–water partition coefficient (Wildman–Crippen LogP) is 1.98. The Morgan fingerprint density at radius 2 is 1.95 bits per heavy atom. The molecule has 1 aromatic carbocycles. The second-order valence-corrected chi connectivity index (χ2v) is 3.80. The second kappa shape index (κ2) is 5.77. The summed E-state index contributed by atoms with van der Waals surface area (Å²) in [5.74, 6) is -2.83. The maximum atomic E-state index is 12.6. The van der Waals surface area contributed by atoms with E-state index in [-0.39, 0.29) is 5.75 Å². The number of benzene rings is 1. The Bertz CT molecular complexity index is 624. The van der Waals surface area contributed by atoms with Gasteiger partial charge >= 0.3 is 6.18 Å². The molecule has 2 N–H and O–H groups in total. The average Bonchev–Trinajstić information content (AvgIpc) is 2.86. The topological polar surface area (TPSA) is 79.9 Å². The van der Waals surface area contributed by atoms with Crippen LogP contribution in [0.15, 0.2) is 24.3 Å². The average molecular weight is 304 g/mol. The zero-order valence-electron chi connectivity index (χ0n) is 10.2. The number of anilines is 1. The van der Waals surface area contributed by atoms with E-state index in [1.54, 1.807) is 5.10 Å². The van der Waals surface area contributed by atoms with Crippen molar-refractivity contribution in [1.29, 1.82) is 0 Å². The number of carbonyl (C=O) groups is 1. The molecule has 2 aromatic rings. The number of rotatable bonds is 4. The highest BCUT2D eigenvalue weighted by Gasteiger charge is 2.35. The first-order valence-electron chi connectivity index (χ1n) is 5.52. The number of aromatic amines is 1. The highest BCUT2D eigenvalue weighted by atomic mass is 19.4. The number of nitrogens with zero attached hydrogens (tertiary/aromatic N) is 2. The van der Waals surface area contributed by atoms with Gasteiger partial charge in [-0.05, 0) is 24.3 Å². The van der Waals surface area contributed by atoms with Gasteiger partial charge < -0.3 is 4.74 Å². The van der Waals surface area contributed by atoms with Crippen LogP contribution < -0.4 is 10.1 Å². The zero-order valence-corrected chi connectivity index (χ0v) is 10.2. The molecule has 10 heteroatoms. The molecule has 1 heterocycles. The molecule has 0 saturated heterocycles. The Morgan fingerprint density at radius 3 is 2.52 bits per heavy atom. The van der Waals surface area contributed by atoms with Crippen molar-refractivity contribution in [3.63, 3.8) is 0 Å². The molecule has 2 rings (SSSR count). The van der Waals surface area contributed by atoms with Crippen molar-refractivity contribution in [2.75, 3.05) is 11.9 Å². The molecule has 1 amide bonds. The molecule has 0 spiro atoms. The fraction of sp³-hybridized carbons (Fsp3) is 0.182. The standard InChI is InChI=1S/C11H8F4N4O2/c12-6-1-3-7(4-2-6)21-5-8(20)16-10-17-9(18-19-10)11(13,14)15/h1-4H,5H2,(H2,16,17,18,19,20). The van der Waals surface area contributed by atoms with Crippen molar-refractivity contribution < 1.29 is 27.1 Å². The largest absolute Gasteiger partial charge is 0.484 e. The van der Waals surface area contributed by atoms with Crippen LogP contribution in [0, 0.1) is 5.82 Å². The summed E-state index contributed by atoms with van der Waals surface area (Å²) in [5, 5.41) is 6.87. The number of H-pyrrole nitrogens is 1. The van der Waals surface area contributed by atoms with E-state index >= 15 is 0 Å². The highest BCUT2D eigenvalue weighted by molar-refractivity contribution is 5.90. The van der Waals surface area contributed by atoms with E-state index in [1.807, 2.05) is 5.32 Å². The maximum Gasteiger partial charge on any atom is 0.451 e. The van der Waals surface area contributed by atoms with Gasteiger partial charge in [0.2, 0.25) is 11.8 Å². The van der Waals surface area contributed by atoms with Crippen molar-refractivity contribution in [2.45, 2.75) is 6.18 Å². The molecule has 6 nitrogen and oxygen atoms in total.